The highest BCUT2D eigenvalue weighted by molar-refractivity contribution is 6.47. The molecular weight excluding hydrogens is 460 g/mol. The quantitative estimate of drug-likeness (QED) is 0.501. The molecule has 1 atom stereocenters. The number of rotatable bonds is 5. The van der Waals surface area contributed by atoms with Crippen molar-refractivity contribution in [1.29, 1.82) is 0 Å². The molecule has 5 nitrogen and oxygen atoms in total. The van der Waals surface area contributed by atoms with E-state index in [4.69, 9.17) is 16.6 Å². The van der Waals surface area contributed by atoms with Crippen LogP contribution in [0.1, 0.15) is 86.8 Å². The molecule has 1 amide bonds. The number of nitrogens with zero attached hydrogens (tertiary/aromatic N) is 2. The van der Waals surface area contributed by atoms with E-state index in [2.05, 4.69) is 25.7 Å². The largest absolute Gasteiger partial charge is 0.478 e. The van der Waals surface area contributed by atoms with E-state index in [1.54, 1.807) is 12.1 Å². The molecule has 0 aromatic heterocycles. The van der Waals surface area contributed by atoms with Gasteiger partial charge in [0.1, 0.15) is 11.4 Å². The number of aromatic carboxylic acids is 1. The molecule has 3 aliphatic rings. The van der Waals surface area contributed by atoms with Crippen molar-refractivity contribution in [3.05, 3.63) is 70.2 Å². The monoisotopic (exact) mass is 492 g/mol. The predicted octanol–water partition coefficient (Wildman–Crippen LogP) is 6.75. The Hall–Kier alpha value is -2.66. The van der Waals surface area contributed by atoms with Gasteiger partial charge >= 0.3 is 5.97 Å². The van der Waals surface area contributed by atoms with Crippen molar-refractivity contribution in [2.24, 2.45) is 22.2 Å². The van der Waals surface area contributed by atoms with Gasteiger partial charge in [0.15, 0.2) is 0 Å². The molecule has 1 aliphatic heterocycles. The Labute approximate surface area is 212 Å². The average Bonchev–Trinajstić information content (AvgIpc) is 3.61. The Bertz CT molecular complexity index is 1170. The first-order valence-electron chi connectivity index (χ1n) is 12.6. The topological polar surface area (TPSA) is 70.0 Å². The van der Waals surface area contributed by atoms with Crippen LogP contribution < -0.4 is 0 Å². The van der Waals surface area contributed by atoms with Gasteiger partial charge in [-0.1, -0.05) is 56.6 Å². The van der Waals surface area contributed by atoms with Crippen LogP contribution in [0, 0.1) is 17.3 Å². The summed E-state index contributed by atoms with van der Waals surface area (Å²) in [6.45, 7) is 6.89. The summed E-state index contributed by atoms with van der Waals surface area (Å²) in [7, 11) is 0. The smallest absolute Gasteiger partial charge is 0.335 e. The lowest BCUT2D eigenvalue weighted by Crippen LogP contribution is -2.52. The van der Waals surface area contributed by atoms with E-state index in [0.29, 0.717) is 22.6 Å². The summed E-state index contributed by atoms with van der Waals surface area (Å²) in [4.78, 5) is 32.9. The van der Waals surface area contributed by atoms with E-state index < -0.39 is 11.6 Å². The number of amides is 1. The zero-order chi connectivity index (χ0) is 25.0. The Kier molecular flexibility index (Phi) is 6.03. The summed E-state index contributed by atoms with van der Waals surface area (Å²) in [5.74, 6) is -0.0357. The molecule has 1 heterocycles. The van der Waals surface area contributed by atoms with Crippen LogP contribution in [0.15, 0.2) is 53.5 Å². The molecule has 0 saturated heterocycles. The number of carbonyl (C=O) groups is 2. The maximum atomic E-state index is 14.1. The first kappa shape index (κ1) is 24.1. The molecule has 35 heavy (non-hydrogen) atoms. The zero-order valence-corrected chi connectivity index (χ0v) is 21.4. The Morgan fingerprint density at radius 3 is 2.29 bits per heavy atom. The van der Waals surface area contributed by atoms with Crippen molar-refractivity contribution in [1.82, 2.24) is 4.90 Å². The molecule has 1 unspecified atom stereocenters. The summed E-state index contributed by atoms with van der Waals surface area (Å²) < 4.78 is 0. The van der Waals surface area contributed by atoms with Crippen molar-refractivity contribution >= 4 is 29.2 Å². The minimum absolute atomic E-state index is 0.0410. The maximum Gasteiger partial charge on any atom is 0.335 e. The van der Waals surface area contributed by atoms with Gasteiger partial charge in [0.05, 0.1) is 11.6 Å². The van der Waals surface area contributed by atoms with E-state index in [-0.39, 0.29) is 22.9 Å². The van der Waals surface area contributed by atoms with E-state index in [1.807, 2.05) is 36.4 Å². The molecule has 5 rings (SSSR count). The summed E-state index contributed by atoms with van der Waals surface area (Å²) in [5.41, 5.74) is 2.15. The van der Waals surface area contributed by atoms with Crippen LogP contribution >= 0.6 is 11.6 Å². The van der Waals surface area contributed by atoms with Crippen molar-refractivity contribution in [3.8, 4) is 0 Å². The first-order valence-corrected chi connectivity index (χ1v) is 13.0. The van der Waals surface area contributed by atoms with Gasteiger partial charge in [-0.2, -0.15) is 0 Å². The van der Waals surface area contributed by atoms with Gasteiger partial charge < -0.3 is 10.0 Å². The second-order valence-electron chi connectivity index (χ2n) is 11.5. The Balaban J connectivity index is 1.57. The zero-order valence-electron chi connectivity index (χ0n) is 20.6. The van der Waals surface area contributed by atoms with Gasteiger partial charge in [0.25, 0.3) is 5.91 Å². The highest BCUT2D eigenvalue weighted by atomic mass is 35.5. The second kappa shape index (κ2) is 8.77. The highest BCUT2D eigenvalue weighted by Crippen LogP contribution is 2.54. The van der Waals surface area contributed by atoms with Gasteiger partial charge in [0.2, 0.25) is 0 Å². The number of halogens is 1. The maximum absolute atomic E-state index is 14.1. The fourth-order valence-corrected chi connectivity index (χ4v) is 6.18. The normalized spacial score (nSPS) is 25.6. The SMILES string of the molecule is CC(C)(C)C1CCC2(CC1)N=C(c1cccc(Cl)c1)C(=O)N2C(c1ccc(C(=O)O)cc1)C1CC1. The average molecular weight is 493 g/mol. The minimum Gasteiger partial charge on any atom is -0.478 e. The van der Waals surface area contributed by atoms with Crippen LogP contribution in [0.25, 0.3) is 0 Å². The lowest BCUT2D eigenvalue weighted by Gasteiger charge is -2.47. The molecule has 2 aromatic carbocycles. The highest BCUT2D eigenvalue weighted by Gasteiger charge is 2.55. The molecule has 2 saturated carbocycles. The van der Waals surface area contributed by atoms with Crippen molar-refractivity contribution in [2.75, 3.05) is 0 Å². The molecule has 1 spiro atoms. The van der Waals surface area contributed by atoms with E-state index in [9.17, 15) is 14.7 Å². The van der Waals surface area contributed by atoms with Gasteiger partial charge in [-0.15, -0.1) is 0 Å². The summed E-state index contributed by atoms with van der Waals surface area (Å²) in [6, 6.07) is 14.4. The van der Waals surface area contributed by atoms with Gasteiger partial charge in [-0.05, 0) is 85.6 Å². The van der Waals surface area contributed by atoms with Crippen LogP contribution in [-0.2, 0) is 4.79 Å². The molecule has 6 heteroatoms. The molecule has 1 N–H and O–H groups in total. The van der Waals surface area contributed by atoms with Crippen LogP contribution in [0.3, 0.4) is 0 Å². The first-order chi connectivity index (χ1) is 16.6. The molecule has 0 radical (unpaired) electrons. The summed E-state index contributed by atoms with van der Waals surface area (Å²) in [5, 5.41) is 9.96. The number of carboxylic acids is 1. The van der Waals surface area contributed by atoms with Crippen LogP contribution in [0.2, 0.25) is 5.02 Å². The third-order valence-corrected chi connectivity index (χ3v) is 8.38. The van der Waals surface area contributed by atoms with Gasteiger partial charge in [-0.25, -0.2) is 4.79 Å². The molecule has 0 bridgehead atoms. The van der Waals surface area contributed by atoms with Gasteiger partial charge in [-0.3, -0.25) is 9.79 Å². The standard InChI is InChI=1S/C29H33ClN2O3/c1-28(2,3)22-13-15-29(16-14-22)31-24(21-5-4-6-23(30)17-21)26(33)32(29)25(18-7-8-18)19-9-11-20(12-10-19)27(34)35/h4-6,9-12,17-18,22,25H,7-8,13-16H2,1-3H3,(H,34,35). The number of carbonyl (C=O) groups excluding carboxylic acids is 1. The van der Waals surface area contributed by atoms with E-state index in [1.165, 1.54) is 0 Å². The molecule has 184 valence electrons. The third-order valence-electron chi connectivity index (χ3n) is 8.14. The molecule has 2 aliphatic carbocycles. The molecule has 2 fully saturated rings. The summed E-state index contributed by atoms with van der Waals surface area (Å²) in [6.07, 6.45) is 5.83. The second-order valence-corrected chi connectivity index (χ2v) is 11.9. The lowest BCUT2D eigenvalue weighted by molar-refractivity contribution is -0.134. The van der Waals surface area contributed by atoms with Crippen molar-refractivity contribution in [3.63, 3.8) is 0 Å². The van der Waals surface area contributed by atoms with Crippen molar-refractivity contribution in [2.45, 2.75) is 71.0 Å². The van der Waals surface area contributed by atoms with Gasteiger partial charge in [0, 0.05) is 10.6 Å². The number of carboxylic acid groups (broad SMARTS) is 1. The van der Waals surface area contributed by atoms with Crippen molar-refractivity contribution < 1.29 is 14.7 Å². The van der Waals surface area contributed by atoms with Crippen LogP contribution in [0.4, 0.5) is 0 Å². The fourth-order valence-electron chi connectivity index (χ4n) is 5.99. The lowest BCUT2D eigenvalue weighted by atomic mass is 9.69. The number of aliphatic imine (C=N–C) groups is 1. The van der Waals surface area contributed by atoms with Crippen LogP contribution in [-0.4, -0.2) is 33.3 Å². The van der Waals surface area contributed by atoms with Crippen LogP contribution in [0.5, 0.6) is 0 Å². The Morgan fingerprint density at radius 1 is 1.09 bits per heavy atom. The molecular formula is C29H33ClN2O3. The Morgan fingerprint density at radius 2 is 1.74 bits per heavy atom. The summed E-state index contributed by atoms with van der Waals surface area (Å²) >= 11 is 6.29. The predicted molar refractivity (Wildman–Crippen MR) is 138 cm³/mol. The number of benzene rings is 2. The third kappa shape index (κ3) is 4.51. The molecule has 2 aromatic rings. The van der Waals surface area contributed by atoms with E-state index >= 15 is 0 Å². The fraction of sp³-hybridized carbons (Fsp3) is 0.483. The van der Waals surface area contributed by atoms with E-state index in [0.717, 1.165) is 49.7 Å². The minimum atomic E-state index is -0.944. The number of hydrogen-bond donors (Lipinski definition) is 1. The number of hydrogen-bond acceptors (Lipinski definition) is 3.